The van der Waals surface area contributed by atoms with Gasteiger partial charge in [0.1, 0.15) is 5.60 Å². The van der Waals surface area contributed by atoms with E-state index in [0.717, 1.165) is 0 Å². The molecule has 0 aliphatic rings. The van der Waals surface area contributed by atoms with Gasteiger partial charge in [0.25, 0.3) is 0 Å². The number of carbonyl (C=O) groups is 3. The Bertz CT molecular complexity index is 346. The highest BCUT2D eigenvalue weighted by Crippen LogP contribution is 2.09. The molecule has 0 saturated heterocycles. The Morgan fingerprint density at radius 1 is 1.20 bits per heavy atom. The Morgan fingerprint density at radius 3 is 2.30 bits per heavy atom. The van der Waals surface area contributed by atoms with E-state index in [4.69, 9.17) is 4.74 Å². The minimum absolute atomic E-state index is 0.0540. The van der Waals surface area contributed by atoms with Crippen LogP contribution in [0.4, 0.5) is 4.79 Å². The zero-order valence-corrected chi connectivity index (χ0v) is 12.9. The van der Waals surface area contributed by atoms with Crippen LogP contribution in [0.25, 0.3) is 0 Å². The lowest BCUT2D eigenvalue weighted by atomic mass is 10.0. The third kappa shape index (κ3) is 9.35. The van der Waals surface area contributed by atoms with Crippen LogP contribution in [-0.4, -0.2) is 37.1 Å². The molecule has 1 N–H and O–H groups in total. The van der Waals surface area contributed by atoms with Gasteiger partial charge >= 0.3 is 12.1 Å². The molecule has 0 aliphatic heterocycles. The Hall–Kier alpha value is -1.59. The number of rotatable bonds is 7. The third-order valence-corrected chi connectivity index (χ3v) is 2.53. The smallest absolute Gasteiger partial charge is 0.408 e. The number of ether oxygens (including phenoxy) is 2. The summed E-state index contributed by atoms with van der Waals surface area (Å²) in [6.45, 7) is 6.96. The first kappa shape index (κ1) is 18.4. The van der Waals surface area contributed by atoms with Crippen molar-refractivity contribution >= 4 is 17.8 Å². The van der Waals surface area contributed by atoms with Crippen LogP contribution in [0.2, 0.25) is 0 Å². The average Bonchev–Trinajstić information content (AvgIpc) is 2.33. The molecule has 0 saturated carbocycles. The van der Waals surface area contributed by atoms with Crippen molar-refractivity contribution in [2.24, 2.45) is 5.92 Å². The van der Waals surface area contributed by atoms with Crippen LogP contribution in [0.1, 0.15) is 47.0 Å². The van der Waals surface area contributed by atoms with Crippen molar-refractivity contribution in [2.75, 3.05) is 13.7 Å². The number of carbonyl (C=O) groups excluding carboxylic acids is 3. The van der Waals surface area contributed by atoms with Crippen molar-refractivity contribution in [1.29, 1.82) is 0 Å². The third-order valence-electron chi connectivity index (χ3n) is 2.53. The summed E-state index contributed by atoms with van der Waals surface area (Å²) in [4.78, 5) is 34.0. The van der Waals surface area contributed by atoms with Gasteiger partial charge in [-0.25, -0.2) is 4.79 Å². The highest BCUT2D eigenvalue weighted by molar-refractivity contribution is 5.84. The molecule has 0 radical (unpaired) electrons. The number of hydrogen-bond donors (Lipinski definition) is 1. The fraction of sp³-hybridized carbons (Fsp3) is 0.786. The molecule has 6 heteroatoms. The van der Waals surface area contributed by atoms with Crippen LogP contribution < -0.4 is 5.32 Å². The molecule has 0 bridgehead atoms. The van der Waals surface area contributed by atoms with Crippen LogP contribution in [0.15, 0.2) is 0 Å². The van der Waals surface area contributed by atoms with E-state index >= 15 is 0 Å². The van der Waals surface area contributed by atoms with E-state index in [1.807, 2.05) is 0 Å². The minimum Gasteiger partial charge on any atom is -0.469 e. The number of methoxy groups -OCH3 is 1. The molecule has 0 aromatic heterocycles. The van der Waals surface area contributed by atoms with Gasteiger partial charge in [0.15, 0.2) is 5.78 Å². The van der Waals surface area contributed by atoms with E-state index in [0.29, 0.717) is 19.3 Å². The van der Waals surface area contributed by atoms with Crippen LogP contribution in [0, 0.1) is 5.92 Å². The number of ketones is 1. The summed E-state index contributed by atoms with van der Waals surface area (Å²) >= 11 is 0. The molecule has 1 amide bonds. The summed E-state index contributed by atoms with van der Waals surface area (Å²) < 4.78 is 9.61. The predicted octanol–water partition coefficient (Wildman–Crippen LogP) is 2.06. The van der Waals surface area contributed by atoms with E-state index in [9.17, 15) is 14.4 Å². The van der Waals surface area contributed by atoms with Gasteiger partial charge in [0.2, 0.25) is 0 Å². The topological polar surface area (TPSA) is 81.7 Å². The zero-order chi connectivity index (χ0) is 15.8. The molecule has 0 aromatic rings. The van der Waals surface area contributed by atoms with Gasteiger partial charge in [-0.15, -0.1) is 0 Å². The molecule has 116 valence electrons. The second-order valence-electron chi connectivity index (χ2n) is 5.71. The first-order valence-corrected chi connectivity index (χ1v) is 6.72. The molecule has 0 fully saturated rings. The summed E-state index contributed by atoms with van der Waals surface area (Å²) in [6.07, 6.45) is 0.890. The average molecular weight is 287 g/mol. The molecule has 0 heterocycles. The van der Waals surface area contributed by atoms with Gasteiger partial charge in [-0.2, -0.15) is 0 Å². The van der Waals surface area contributed by atoms with Crippen molar-refractivity contribution in [3.05, 3.63) is 0 Å². The molecule has 0 spiro atoms. The Kier molecular flexibility index (Phi) is 7.87. The second kappa shape index (κ2) is 8.55. The molecule has 0 aromatic carbocycles. The molecule has 1 atom stereocenters. The van der Waals surface area contributed by atoms with Crippen molar-refractivity contribution in [3.8, 4) is 0 Å². The molecular formula is C14H25NO5. The van der Waals surface area contributed by atoms with E-state index < -0.39 is 11.7 Å². The van der Waals surface area contributed by atoms with E-state index in [1.54, 1.807) is 27.7 Å². The quantitative estimate of drug-likeness (QED) is 0.725. The first-order valence-electron chi connectivity index (χ1n) is 6.72. The Morgan fingerprint density at radius 2 is 1.80 bits per heavy atom. The van der Waals surface area contributed by atoms with Crippen LogP contribution >= 0.6 is 0 Å². The maximum Gasteiger partial charge on any atom is 0.408 e. The summed E-state index contributed by atoms with van der Waals surface area (Å²) in [6, 6.07) is 0. The van der Waals surface area contributed by atoms with Crippen LogP contribution in [0.3, 0.4) is 0 Å². The number of Topliss-reactive ketones (excluding diaryl/α,β-unsaturated/α-hetero) is 1. The number of alkyl carbamates (subject to hydrolysis) is 1. The summed E-state index contributed by atoms with van der Waals surface area (Å²) in [5, 5.41) is 2.41. The van der Waals surface area contributed by atoms with Crippen LogP contribution in [0.5, 0.6) is 0 Å². The molecular weight excluding hydrogens is 262 g/mol. The normalized spacial score (nSPS) is 12.4. The van der Waals surface area contributed by atoms with Crippen molar-refractivity contribution in [3.63, 3.8) is 0 Å². The largest absolute Gasteiger partial charge is 0.469 e. The molecule has 0 unspecified atom stereocenters. The van der Waals surface area contributed by atoms with E-state index in [-0.39, 0.29) is 24.2 Å². The van der Waals surface area contributed by atoms with Crippen molar-refractivity contribution in [2.45, 2.75) is 52.6 Å². The fourth-order valence-electron chi connectivity index (χ4n) is 1.50. The lowest BCUT2D eigenvalue weighted by Gasteiger charge is -2.19. The summed E-state index contributed by atoms with van der Waals surface area (Å²) in [5.74, 6) is -0.580. The standard InChI is InChI=1S/C14H25NO5/c1-10(12(17)19-5)7-6-8-11(16)9-15-13(18)20-14(2,3)4/h10H,6-9H2,1-5H3,(H,15,18)/t10-/m1/s1. The maximum absolute atomic E-state index is 11.5. The minimum atomic E-state index is -0.603. The maximum atomic E-state index is 11.5. The van der Waals surface area contributed by atoms with Gasteiger partial charge < -0.3 is 14.8 Å². The highest BCUT2D eigenvalue weighted by Gasteiger charge is 2.17. The van der Waals surface area contributed by atoms with E-state index in [1.165, 1.54) is 7.11 Å². The molecule has 0 aliphatic carbocycles. The Balaban J connectivity index is 3.80. The SMILES string of the molecule is COC(=O)[C@H](C)CCCC(=O)CNC(=O)OC(C)(C)C. The first-order chi connectivity index (χ1) is 9.15. The predicted molar refractivity (Wildman–Crippen MR) is 74.3 cm³/mol. The highest BCUT2D eigenvalue weighted by atomic mass is 16.6. The number of esters is 1. The van der Waals surface area contributed by atoms with E-state index in [2.05, 4.69) is 10.1 Å². The fourth-order valence-corrected chi connectivity index (χ4v) is 1.50. The molecule has 0 rings (SSSR count). The summed E-state index contributed by atoms with van der Waals surface area (Å²) in [5.41, 5.74) is -0.580. The van der Waals surface area contributed by atoms with Crippen LogP contribution in [-0.2, 0) is 19.1 Å². The Labute approximate surface area is 120 Å². The van der Waals surface area contributed by atoms with Gasteiger partial charge in [-0.1, -0.05) is 6.92 Å². The number of amides is 1. The monoisotopic (exact) mass is 287 g/mol. The molecule has 6 nitrogen and oxygen atoms in total. The zero-order valence-electron chi connectivity index (χ0n) is 12.9. The van der Waals surface area contributed by atoms with Crippen molar-refractivity contribution < 1.29 is 23.9 Å². The van der Waals surface area contributed by atoms with Gasteiger partial charge in [0.05, 0.1) is 19.6 Å². The molecule has 20 heavy (non-hydrogen) atoms. The number of hydrogen-bond acceptors (Lipinski definition) is 5. The van der Waals surface area contributed by atoms with Gasteiger partial charge in [-0.05, 0) is 33.6 Å². The lowest BCUT2D eigenvalue weighted by molar-refractivity contribution is -0.145. The van der Waals surface area contributed by atoms with Gasteiger partial charge in [-0.3, -0.25) is 9.59 Å². The van der Waals surface area contributed by atoms with Gasteiger partial charge in [0, 0.05) is 6.42 Å². The van der Waals surface area contributed by atoms with Crippen molar-refractivity contribution in [1.82, 2.24) is 5.32 Å². The second-order valence-corrected chi connectivity index (χ2v) is 5.71. The number of nitrogens with one attached hydrogen (secondary N) is 1. The lowest BCUT2D eigenvalue weighted by Crippen LogP contribution is -2.35. The summed E-state index contributed by atoms with van der Waals surface area (Å²) in [7, 11) is 1.34.